The monoisotopic (exact) mass is 360 g/mol. The van der Waals surface area contributed by atoms with Gasteiger partial charge in [-0.25, -0.2) is 13.1 Å². The summed E-state index contributed by atoms with van der Waals surface area (Å²) in [4.78, 5) is 17.9. The summed E-state index contributed by atoms with van der Waals surface area (Å²) in [7, 11) is -3.59. The first-order chi connectivity index (χ1) is 12.0. The molecule has 8 heteroatoms. The van der Waals surface area contributed by atoms with E-state index in [1.165, 1.54) is 6.07 Å². The van der Waals surface area contributed by atoms with E-state index in [4.69, 9.17) is 0 Å². The molecule has 1 saturated heterocycles. The lowest BCUT2D eigenvalue weighted by Crippen LogP contribution is -2.35. The lowest BCUT2D eigenvalue weighted by Gasteiger charge is -2.22. The van der Waals surface area contributed by atoms with E-state index in [2.05, 4.69) is 20.0 Å². The summed E-state index contributed by atoms with van der Waals surface area (Å²) in [5, 5.41) is 4.70. The van der Waals surface area contributed by atoms with Gasteiger partial charge in [-0.15, -0.1) is 0 Å². The highest BCUT2D eigenvalue weighted by Crippen LogP contribution is 2.24. The molecule has 3 heterocycles. The molecule has 1 fully saturated rings. The van der Waals surface area contributed by atoms with Crippen molar-refractivity contribution < 1.29 is 8.42 Å². The number of hydrogen-bond donors (Lipinski definition) is 4. The first-order valence-electron chi connectivity index (χ1n) is 8.38. The molecule has 25 heavy (non-hydrogen) atoms. The number of aromatic amines is 2. The van der Waals surface area contributed by atoms with Crippen molar-refractivity contribution in [1.29, 1.82) is 0 Å². The van der Waals surface area contributed by atoms with Gasteiger partial charge in [0.2, 0.25) is 10.0 Å². The van der Waals surface area contributed by atoms with E-state index in [9.17, 15) is 13.2 Å². The molecule has 1 aromatic carbocycles. The molecule has 0 saturated carbocycles. The summed E-state index contributed by atoms with van der Waals surface area (Å²) in [5.41, 5.74) is 0.853. The van der Waals surface area contributed by atoms with Gasteiger partial charge in [-0.1, -0.05) is 0 Å². The number of rotatable bonds is 4. The Bertz CT molecular complexity index is 1080. The van der Waals surface area contributed by atoms with E-state index >= 15 is 0 Å². The average molecular weight is 360 g/mol. The molecule has 0 aliphatic carbocycles. The van der Waals surface area contributed by atoms with Crippen LogP contribution < -0.4 is 15.6 Å². The molecule has 4 rings (SSSR count). The van der Waals surface area contributed by atoms with Crippen molar-refractivity contribution >= 4 is 31.8 Å². The van der Waals surface area contributed by atoms with Crippen molar-refractivity contribution in [2.45, 2.75) is 17.7 Å². The molecule has 1 aliphatic rings. The molecular weight excluding hydrogens is 340 g/mol. The van der Waals surface area contributed by atoms with Gasteiger partial charge in [0, 0.05) is 29.0 Å². The minimum Gasteiger partial charge on any atom is -0.357 e. The highest BCUT2D eigenvalue weighted by atomic mass is 32.2. The molecule has 1 aliphatic heterocycles. The number of sulfonamides is 1. The molecule has 4 N–H and O–H groups in total. The molecule has 2 aromatic heterocycles. The zero-order valence-corrected chi connectivity index (χ0v) is 14.4. The Morgan fingerprint density at radius 3 is 2.72 bits per heavy atom. The fourth-order valence-corrected chi connectivity index (χ4v) is 4.53. The largest absolute Gasteiger partial charge is 0.357 e. The van der Waals surface area contributed by atoms with Crippen LogP contribution in [0.15, 0.2) is 40.2 Å². The van der Waals surface area contributed by atoms with E-state index in [1.807, 2.05) is 0 Å². The second-order valence-electron chi connectivity index (χ2n) is 6.47. The summed E-state index contributed by atoms with van der Waals surface area (Å²) in [6, 6.07) is 6.57. The minimum atomic E-state index is -3.59. The lowest BCUT2D eigenvalue weighted by atomic mass is 9.99. The zero-order valence-electron chi connectivity index (χ0n) is 13.6. The van der Waals surface area contributed by atoms with Gasteiger partial charge in [0.25, 0.3) is 5.56 Å². The topological polar surface area (TPSA) is 107 Å². The van der Waals surface area contributed by atoms with Gasteiger partial charge >= 0.3 is 0 Å². The third-order valence-corrected chi connectivity index (χ3v) is 6.26. The van der Waals surface area contributed by atoms with Crippen molar-refractivity contribution in [3.05, 3.63) is 40.8 Å². The third-order valence-electron chi connectivity index (χ3n) is 4.83. The molecule has 0 bridgehead atoms. The number of piperidine rings is 1. The summed E-state index contributed by atoms with van der Waals surface area (Å²) in [5.74, 6) is 0.365. The van der Waals surface area contributed by atoms with Crippen LogP contribution in [-0.4, -0.2) is 38.0 Å². The van der Waals surface area contributed by atoms with Crippen LogP contribution in [0.4, 0.5) is 0 Å². The van der Waals surface area contributed by atoms with Gasteiger partial charge in [0.05, 0.1) is 4.90 Å². The number of benzene rings is 1. The molecule has 0 unspecified atom stereocenters. The van der Waals surface area contributed by atoms with Gasteiger partial charge in [-0.05, 0) is 56.1 Å². The zero-order chi connectivity index (χ0) is 17.4. The van der Waals surface area contributed by atoms with Crippen LogP contribution in [0.1, 0.15) is 12.8 Å². The van der Waals surface area contributed by atoms with Gasteiger partial charge < -0.3 is 15.3 Å². The van der Waals surface area contributed by atoms with Crippen molar-refractivity contribution in [3.63, 3.8) is 0 Å². The Balaban J connectivity index is 1.68. The second kappa shape index (κ2) is 6.29. The molecule has 0 amide bonds. The van der Waals surface area contributed by atoms with Crippen LogP contribution >= 0.6 is 0 Å². The van der Waals surface area contributed by atoms with E-state index in [0.717, 1.165) is 25.9 Å². The maximum atomic E-state index is 12.7. The molecule has 0 radical (unpaired) electrons. The fraction of sp³-hybridized carbons (Fsp3) is 0.353. The minimum absolute atomic E-state index is 0.212. The summed E-state index contributed by atoms with van der Waals surface area (Å²) < 4.78 is 28.0. The molecule has 3 aromatic rings. The normalized spacial score (nSPS) is 16.6. The molecule has 7 nitrogen and oxygen atoms in total. The van der Waals surface area contributed by atoms with E-state index in [1.54, 1.807) is 24.4 Å². The Morgan fingerprint density at radius 2 is 1.92 bits per heavy atom. The number of fused-ring (bicyclic) bond motifs is 3. The van der Waals surface area contributed by atoms with E-state index < -0.39 is 10.0 Å². The average Bonchev–Trinajstić information content (AvgIpc) is 3.11. The first-order valence-corrected chi connectivity index (χ1v) is 9.86. The maximum Gasteiger partial charge on any atom is 0.272 e. The number of hydrogen-bond acceptors (Lipinski definition) is 4. The summed E-state index contributed by atoms with van der Waals surface area (Å²) >= 11 is 0. The Labute approximate surface area is 144 Å². The number of nitrogens with one attached hydrogen (secondary N) is 4. The van der Waals surface area contributed by atoms with Crippen molar-refractivity contribution in [3.8, 4) is 0 Å². The Hall–Kier alpha value is -2.16. The second-order valence-corrected chi connectivity index (χ2v) is 8.24. The first kappa shape index (κ1) is 16.3. The highest BCUT2D eigenvalue weighted by molar-refractivity contribution is 7.89. The van der Waals surface area contributed by atoms with Crippen molar-refractivity contribution in [2.75, 3.05) is 19.6 Å². The molecular formula is C17H20N4O3S. The highest BCUT2D eigenvalue weighted by Gasteiger charge is 2.19. The van der Waals surface area contributed by atoms with Crippen LogP contribution in [0.2, 0.25) is 0 Å². The summed E-state index contributed by atoms with van der Waals surface area (Å²) in [6.45, 7) is 2.32. The van der Waals surface area contributed by atoms with Gasteiger partial charge in [-0.2, -0.15) is 0 Å². The van der Waals surface area contributed by atoms with E-state index in [0.29, 0.717) is 34.3 Å². The van der Waals surface area contributed by atoms with Gasteiger partial charge in [-0.3, -0.25) is 4.79 Å². The number of aromatic nitrogens is 2. The van der Waals surface area contributed by atoms with Crippen LogP contribution in [-0.2, 0) is 10.0 Å². The van der Waals surface area contributed by atoms with Crippen LogP contribution in [0.25, 0.3) is 21.8 Å². The Morgan fingerprint density at radius 1 is 1.12 bits per heavy atom. The fourth-order valence-electron chi connectivity index (χ4n) is 3.39. The molecule has 0 spiro atoms. The van der Waals surface area contributed by atoms with Gasteiger partial charge in [0.15, 0.2) is 0 Å². The van der Waals surface area contributed by atoms with Crippen LogP contribution in [0, 0.1) is 5.92 Å². The van der Waals surface area contributed by atoms with Crippen LogP contribution in [0.5, 0.6) is 0 Å². The summed E-state index contributed by atoms with van der Waals surface area (Å²) in [6.07, 6.45) is 3.63. The standard InChI is InChI=1S/C17H20N4O3S/c22-17-16-13(5-8-19-16)14-9-12(1-2-15(14)21-17)25(23,24)20-10-11-3-6-18-7-4-11/h1-2,5,8-9,11,18-20H,3-4,6-7,10H2,(H,21,22). The number of pyridine rings is 1. The van der Waals surface area contributed by atoms with Crippen molar-refractivity contribution in [2.24, 2.45) is 5.92 Å². The quantitative estimate of drug-likeness (QED) is 0.562. The van der Waals surface area contributed by atoms with E-state index in [-0.39, 0.29) is 10.5 Å². The molecule has 132 valence electrons. The third kappa shape index (κ3) is 3.08. The number of H-pyrrole nitrogens is 2. The SMILES string of the molecule is O=c1[nH]c2ccc(S(=O)(=O)NCC3CCNCC3)cc2c2cc[nH]c12. The molecule has 0 atom stereocenters. The van der Waals surface area contributed by atoms with Crippen molar-refractivity contribution in [1.82, 2.24) is 20.0 Å². The lowest BCUT2D eigenvalue weighted by molar-refractivity contribution is 0.372. The maximum absolute atomic E-state index is 12.7. The predicted molar refractivity (Wildman–Crippen MR) is 97.2 cm³/mol. The Kier molecular flexibility index (Phi) is 4.10. The van der Waals surface area contributed by atoms with Crippen LogP contribution in [0.3, 0.4) is 0 Å². The smallest absolute Gasteiger partial charge is 0.272 e. The van der Waals surface area contributed by atoms with Gasteiger partial charge in [0.1, 0.15) is 5.52 Å². The predicted octanol–water partition coefficient (Wildman–Crippen LogP) is 1.29.